The van der Waals surface area contributed by atoms with Crippen molar-refractivity contribution < 1.29 is 212 Å². The van der Waals surface area contributed by atoms with Crippen LogP contribution in [0.2, 0.25) is 0 Å². The molecule has 0 spiro atoms. The summed E-state index contributed by atoms with van der Waals surface area (Å²) < 4.78 is 88.7. The fourth-order valence-corrected chi connectivity index (χ4v) is 13.6. The lowest BCUT2D eigenvalue weighted by Crippen LogP contribution is -2.72. The lowest BCUT2D eigenvalue weighted by atomic mass is 9.88. The molecule has 8 heterocycles. The number of carbonyl (C=O) groups is 5. The molecule has 0 aromatic heterocycles. The topological polar surface area (TPSA) is 737 Å². The van der Waals surface area contributed by atoms with Crippen molar-refractivity contribution in [1.82, 2.24) is 21.3 Å². The summed E-state index contributed by atoms with van der Waals surface area (Å²) in [5, 5.41) is 263. The molecule has 27 N–H and O–H groups in total. The Hall–Kier alpha value is -4.13. The predicted octanol–water partition coefficient (Wildman–Crippen LogP) is -17.6. The number of hydrogen-bond donors (Lipinski definition) is 27. The first kappa shape index (κ1) is 87.4. The van der Waals surface area contributed by atoms with Gasteiger partial charge in [0.25, 0.3) is 5.79 Å². The maximum absolute atomic E-state index is 13.5. The largest absolute Gasteiger partial charge is 0.477 e. The third-order valence-electron chi connectivity index (χ3n) is 19.2. The number of amides is 4. The molecule has 612 valence electrons. The number of nitrogens with one attached hydrogen (secondary N) is 4. The van der Waals surface area contributed by atoms with E-state index in [1.54, 1.807) is 0 Å². The van der Waals surface area contributed by atoms with Crippen LogP contribution >= 0.6 is 0 Å². The van der Waals surface area contributed by atoms with E-state index in [0.29, 0.717) is 0 Å². The van der Waals surface area contributed by atoms with Crippen LogP contribution in [-0.2, 0) is 95.0 Å². The van der Waals surface area contributed by atoms with Gasteiger partial charge in [0.15, 0.2) is 44.0 Å². The van der Waals surface area contributed by atoms with Crippen LogP contribution in [-0.4, -0.2) is 444 Å². The Morgan fingerprint density at radius 1 is 0.406 bits per heavy atom. The summed E-state index contributed by atoms with van der Waals surface area (Å²) in [7, 11) is 0. The van der Waals surface area contributed by atoms with Gasteiger partial charge in [-0.3, -0.25) is 19.2 Å². The van der Waals surface area contributed by atoms with Crippen LogP contribution < -0.4 is 21.3 Å². The summed E-state index contributed by atoms with van der Waals surface area (Å²) in [4.78, 5) is 63.6. The quantitative estimate of drug-likeness (QED) is 0.0346. The number of ether oxygens (including phenoxy) is 15. The molecule has 0 aromatic carbocycles. The van der Waals surface area contributed by atoms with Crippen LogP contribution in [0.3, 0.4) is 0 Å². The number of rotatable bonds is 28. The van der Waals surface area contributed by atoms with Gasteiger partial charge in [0.1, 0.15) is 183 Å². The smallest absolute Gasteiger partial charge is 0.364 e. The first-order valence-corrected chi connectivity index (χ1v) is 33.6. The molecule has 47 nitrogen and oxygen atoms in total. The number of aliphatic carboxylic acids is 1. The molecular formula is C59H98N4O43. The fourth-order valence-electron chi connectivity index (χ4n) is 13.6. The Balaban J connectivity index is 1.08. The van der Waals surface area contributed by atoms with Gasteiger partial charge in [-0.15, -0.1) is 0 Å². The zero-order valence-corrected chi connectivity index (χ0v) is 57.2. The highest BCUT2D eigenvalue weighted by Gasteiger charge is 2.63. The summed E-state index contributed by atoms with van der Waals surface area (Å²) in [6.07, 6.45) is -76.3. The second-order valence-corrected chi connectivity index (χ2v) is 26.8. The molecule has 8 aliphatic heterocycles. The number of carboxylic acid groups (broad SMARTS) is 1. The molecule has 47 heteroatoms. The van der Waals surface area contributed by atoms with E-state index >= 15 is 0 Å². The molecule has 0 aliphatic carbocycles. The van der Waals surface area contributed by atoms with Crippen molar-refractivity contribution in [3.63, 3.8) is 0 Å². The minimum atomic E-state index is -3.31. The number of carboxylic acids is 1. The van der Waals surface area contributed by atoms with E-state index < -0.39 is 333 Å². The SMILES string of the molecule is CC(=O)N[C@@H]1[C@@H](O)[C@H](O[C@@H]2O[C@H](CO)[C@@H](O[C@@H]3O[C@H](CO[C@H]4O[C@H](CO)[C@@H](O)[C@H](O)[C@@H]4O[C@@H]4O[C@H](CO)[C@@H](O[C@@H]5O[C@H](CO)[C@H](O)[C@H](O[C@]6(C(=O)O)C[C@H](O)[C@@H](NC(C)=O)[C@H]([C@H](O)[C@H](O)CO)O6)[C@H]5O)[C@H](O[C@@H]5O[C@@H](C)[C@@H](O)[C@@H](O)[C@@H]5O)[C@H]4NC(C)=O)[C@@H](O)[C@H](O)[C@@H]3O)[C@H](O)[C@H]2NC(C)=O)[C@@H](CO)O[C@H]1O. The molecule has 4 amide bonds. The second-order valence-electron chi connectivity index (χ2n) is 26.8. The van der Waals surface area contributed by atoms with E-state index in [4.69, 9.17) is 71.1 Å². The lowest BCUT2D eigenvalue weighted by molar-refractivity contribution is -0.400. The van der Waals surface area contributed by atoms with Gasteiger partial charge in [0.2, 0.25) is 23.6 Å². The normalized spacial score (nSPS) is 47.2. The monoisotopic (exact) mass is 1550 g/mol. The number of aliphatic hydroxyl groups is 22. The van der Waals surface area contributed by atoms with E-state index in [-0.39, 0.29) is 0 Å². The highest BCUT2D eigenvalue weighted by atomic mass is 16.8. The summed E-state index contributed by atoms with van der Waals surface area (Å²) in [5.74, 6) is -8.97. The van der Waals surface area contributed by atoms with Gasteiger partial charge < -0.3 is 210 Å². The van der Waals surface area contributed by atoms with E-state index in [2.05, 4.69) is 21.3 Å². The summed E-state index contributed by atoms with van der Waals surface area (Å²) in [5.41, 5.74) is 0. The maximum Gasteiger partial charge on any atom is 0.364 e. The van der Waals surface area contributed by atoms with Gasteiger partial charge in [-0.05, 0) is 6.92 Å². The van der Waals surface area contributed by atoms with Crippen molar-refractivity contribution in [3.05, 3.63) is 0 Å². The molecule has 8 saturated heterocycles. The van der Waals surface area contributed by atoms with Crippen molar-refractivity contribution >= 4 is 29.6 Å². The molecular weight excluding hydrogens is 1450 g/mol. The third kappa shape index (κ3) is 19.1. The second kappa shape index (κ2) is 37.5. The van der Waals surface area contributed by atoms with Gasteiger partial charge >= 0.3 is 5.97 Å². The van der Waals surface area contributed by atoms with Crippen LogP contribution in [0.1, 0.15) is 41.0 Å². The molecule has 106 heavy (non-hydrogen) atoms. The van der Waals surface area contributed by atoms with Crippen LogP contribution in [0, 0.1) is 0 Å². The average Bonchev–Trinajstić information content (AvgIpc) is 0.755. The van der Waals surface area contributed by atoms with Crippen LogP contribution in [0.5, 0.6) is 0 Å². The van der Waals surface area contributed by atoms with Gasteiger partial charge in [0.05, 0.1) is 64.5 Å². The van der Waals surface area contributed by atoms with E-state index in [1.165, 1.54) is 6.92 Å². The van der Waals surface area contributed by atoms with Gasteiger partial charge in [-0.25, -0.2) is 4.79 Å². The molecule has 8 rings (SSSR count). The Labute approximate surface area is 600 Å². The summed E-state index contributed by atoms with van der Waals surface area (Å²) in [6.45, 7) is -2.78. The van der Waals surface area contributed by atoms with Crippen LogP contribution in [0.25, 0.3) is 0 Å². The summed E-state index contributed by atoms with van der Waals surface area (Å²) >= 11 is 0. The molecule has 0 radical (unpaired) electrons. The molecule has 8 fully saturated rings. The average molecular weight is 1550 g/mol. The number of carbonyl (C=O) groups excluding carboxylic acids is 4. The van der Waals surface area contributed by atoms with Gasteiger partial charge in [-0.1, -0.05) is 0 Å². The molecule has 0 unspecified atom stereocenters. The third-order valence-corrected chi connectivity index (χ3v) is 19.2. The zero-order chi connectivity index (χ0) is 78.6. The Kier molecular flexibility index (Phi) is 30.9. The van der Waals surface area contributed by atoms with E-state index in [9.17, 15) is 141 Å². The van der Waals surface area contributed by atoms with E-state index in [0.717, 1.165) is 27.7 Å². The minimum Gasteiger partial charge on any atom is -0.477 e. The Morgan fingerprint density at radius 2 is 0.821 bits per heavy atom. The first-order valence-electron chi connectivity index (χ1n) is 33.6. The fraction of sp³-hybridized carbons (Fsp3) is 0.915. The maximum atomic E-state index is 13.5. The van der Waals surface area contributed by atoms with Crippen molar-refractivity contribution in [2.24, 2.45) is 0 Å². The number of aliphatic hydroxyl groups excluding tert-OH is 22. The first-order chi connectivity index (χ1) is 49.9. The molecule has 8 aliphatic rings. The predicted molar refractivity (Wildman–Crippen MR) is 327 cm³/mol. The van der Waals surface area contributed by atoms with Crippen molar-refractivity contribution in [3.8, 4) is 0 Å². The van der Waals surface area contributed by atoms with Crippen molar-refractivity contribution in [2.75, 3.05) is 46.2 Å². The molecule has 0 aromatic rings. The van der Waals surface area contributed by atoms with E-state index in [1.807, 2.05) is 0 Å². The molecule has 0 bridgehead atoms. The molecule has 41 atom stereocenters. The zero-order valence-electron chi connectivity index (χ0n) is 57.2. The summed E-state index contributed by atoms with van der Waals surface area (Å²) in [6, 6.07) is -7.16. The van der Waals surface area contributed by atoms with Crippen LogP contribution in [0.4, 0.5) is 0 Å². The standard InChI is InChI=1S/C59H98N4O43/c1-14-31(76)38(83)41(86)54(93-14)103-48-30(63-18(5)73)53(98-25(12-69)46(48)102-56-43(88)49(35(80)22(9-66)95-56)106-59(58(90)91)6-19(74)27(60-15(2)70)47(105-59)32(77)20(75)7-64)104-50-40(85)33(78)21(8-65)96-57(50)92-13-26-34(79)39(84)42(87)55(99-26)101-45-24(11-68)97-52(29(37(45)82)62-17(4)72)100-44-23(10-67)94-51(89)28(36(44)81)61-16(3)71/h14,19-57,64-69,74-89H,6-13H2,1-5H3,(H,60,70)(H,61,71)(H,62,72)(H,63,73)(H,90,91)/t14-,19-,20+,21+,22+,23+,24+,25+,26+,27+,28+,29+,30+,31+,32+,33+,34+,35-,36+,37+,38+,39-,40-,41-,42-,43+,44+,45+,46+,47+,48+,49-,50-,51+,52-,53-,54-,55-,56-,57-,59-/m0/s1. The highest BCUT2D eigenvalue weighted by molar-refractivity contribution is 5.77. The minimum absolute atomic E-state index is 0.743. The molecule has 0 saturated carbocycles. The lowest BCUT2D eigenvalue weighted by Gasteiger charge is -2.52. The van der Waals surface area contributed by atoms with Crippen molar-refractivity contribution in [2.45, 2.75) is 292 Å². The van der Waals surface area contributed by atoms with Crippen LogP contribution in [0.15, 0.2) is 0 Å². The Morgan fingerprint density at radius 3 is 1.38 bits per heavy atom. The van der Waals surface area contributed by atoms with Crippen molar-refractivity contribution in [1.29, 1.82) is 0 Å². The number of hydrogen-bond acceptors (Lipinski definition) is 42. The Bertz CT molecular complexity index is 2860. The highest BCUT2D eigenvalue weighted by Crippen LogP contribution is 2.42. The van der Waals surface area contributed by atoms with Gasteiger partial charge in [0, 0.05) is 34.1 Å². The van der Waals surface area contributed by atoms with Gasteiger partial charge in [-0.2, -0.15) is 0 Å².